The van der Waals surface area contributed by atoms with E-state index in [0.29, 0.717) is 22.9 Å². The Bertz CT molecular complexity index is 754. The zero-order chi connectivity index (χ0) is 14.1. The van der Waals surface area contributed by atoms with E-state index in [1.807, 2.05) is 0 Å². The number of hydrogen-bond donors (Lipinski definition) is 1. The first-order chi connectivity index (χ1) is 9.63. The molecular weight excluding hydrogens is 281 g/mol. The van der Waals surface area contributed by atoms with Gasteiger partial charge in [0.1, 0.15) is 11.6 Å². The third-order valence-corrected chi connectivity index (χ3v) is 2.89. The summed E-state index contributed by atoms with van der Waals surface area (Å²) in [7, 11) is 0. The van der Waals surface area contributed by atoms with Gasteiger partial charge in [-0.1, -0.05) is 23.7 Å². The first kappa shape index (κ1) is 12.6. The molecule has 3 rings (SSSR count). The van der Waals surface area contributed by atoms with Crippen LogP contribution in [0.3, 0.4) is 0 Å². The van der Waals surface area contributed by atoms with Gasteiger partial charge in [0.2, 0.25) is 0 Å². The van der Waals surface area contributed by atoms with Crippen molar-refractivity contribution in [2.24, 2.45) is 0 Å². The number of nitrogens with zero attached hydrogens (tertiary/aromatic N) is 4. The minimum absolute atomic E-state index is 0.282. The molecule has 0 amide bonds. The monoisotopic (exact) mass is 289 g/mol. The molecule has 5 nitrogen and oxygen atoms in total. The van der Waals surface area contributed by atoms with E-state index in [9.17, 15) is 4.39 Å². The van der Waals surface area contributed by atoms with Gasteiger partial charge >= 0.3 is 0 Å². The van der Waals surface area contributed by atoms with E-state index in [-0.39, 0.29) is 11.0 Å². The predicted octanol–water partition coefficient (Wildman–Crippen LogP) is 2.70. The third kappa shape index (κ3) is 2.33. The lowest BCUT2D eigenvalue weighted by molar-refractivity contribution is 0.628. The molecule has 0 saturated carbocycles. The van der Waals surface area contributed by atoms with Crippen LogP contribution in [-0.2, 0) is 0 Å². The molecule has 0 atom stereocenters. The van der Waals surface area contributed by atoms with E-state index in [4.69, 9.17) is 17.3 Å². The summed E-state index contributed by atoms with van der Waals surface area (Å²) in [5.74, 6) is 0.484. The highest BCUT2D eigenvalue weighted by Crippen LogP contribution is 2.22. The van der Waals surface area contributed by atoms with Crippen LogP contribution < -0.4 is 5.73 Å². The quantitative estimate of drug-likeness (QED) is 0.787. The number of anilines is 1. The fourth-order valence-electron chi connectivity index (χ4n) is 1.79. The van der Waals surface area contributed by atoms with Gasteiger partial charge in [-0.15, -0.1) is 10.2 Å². The molecule has 100 valence electrons. The summed E-state index contributed by atoms with van der Waals surface area (Å²) >= 11 is 5.68. The molecule has 2 heterocycles. The van der Waals surface area contributed by atoms with Gasteiger partial charge in [0.25, 0.3) is 0 Å². The summed E-state index contributed by atoms with van der Waals surface area (Å²) < 4.78 is 14.6. The van der Waals surface area contributed by atoms with Gasteiger partial charge in [0.15, 0.2) is 11.0 Å². The topological polar surface area (TPSA) is 69.6 Å². The van der Waals surface area contributed by atoms with Crippen LogP contribution in [-0.4, -0.2) is 20.0 Å². The fourth-order valence-corrected chi connectivity index (χ4v) is 1.89. The van der Waals surface area contributed by atoms with E-state index in [1.54, 1.807) is 30.3 Å². The molecule has 1 aromatic carbocycles. The Kier molecular flexibility index (Phi) is 3.08. The summed E-state index contributed by atoms with van der Waals surface area (Å²) in [6, 6.07) is 11.0. The zero-order valence-electron chi connectivity index (χ0n) is 10.2. The highest BCUT2D eigenvalue weighted by molar-refractivity contribution is 6.29. The largest absolute Gasteiger partial charge is 0.384 e. The summed E-state index contributed by atoms with van der Waals surface area (Å²) in [6.07, 6.45) is 0. The summed E-state index contributed by atoms with van der Waals surface area (Å²) in [6.45, 7) is 0. The number of benzene rings is 1. The molecule has 0 saturated heterocycles. The van der Waals surface area contributed by atoms with Crippen LogP contribution in [0.4, 0.5) is 10.2 Å². The molecule has 0 fully saturated rings. The van der Waals surface area contributed by atoms with Gasteiger partial charge in [-0.05, 0) is 24.3 Å². The summed E-state index contributed by atoms with van der Waals surface area (Å²) in [4.78, 5) is 0. The van der Waals surface area contributed by atoms with Gasteiger partial charge < -0.3 is 5.73 Å². The van der Waals surface area contributed by atoms with Crippen molar-refractivity contribution in [3.63, 3.8) is 0 Å². The average Bonchev–Trinajstić information content (AvgIpc) is 2.82. The van der Waals surface area contributed by atoms with Gasteiger partial charge in [-0.2, -0.15) is 9.78 Å². The van der Waals surface area contributed by atoms with Crippen LogP contribution in [0, 0.1) is 5.82 Å². The minimum Gasteiger partial charge on any atom is -0.384 e. The van der Waals surface area contributed by atoms with Gasteiger partial charge in [0, 0.05) is 11.6 Å². The Balaban J connectivity index is 2.05. The van der Waals surface area contributed by atoms with Crippen LogP contribution >= 0.6 is 11.6 Å². The molecular formula is C13H9ClFN5. The molecule has 0 spiro atoms. The number of halogens is 2. The molecule has 2 N–H and O–H groups in total. The van der Waals surface area contributed by atoms with Crippen LogP contribution in [0.5, 0.6) is 0 Å². The van der Waals surface area contributed by atoms with Crippen molar-refractivity contribution in [3.8, 4) is 17.1 Å². The van der Waals surface area contributed by atoms with Crippen LogP contribution in [0.25, 0.3) is 17.1 Å². The maximum atomic E-state index is 13.2. The van der Waals surface area contributed by atoms with E-state index < -0.39 is 0 Å². The average molecular weight is 290 g/mol. The lowest BCUT2D eigenvalue weighted by Gasteiger charge is -2.01. The van der Waals surface area contributed by atoms with Crippen LogP contribution in [0.2, 0.25) is 5.15 Å². The Morgan fingerprint density at radius 3 is 2.65 bits per heavy atom. The molecule has 0 radical (unpaired) electrons. The molecule has 0 aliphatic rings. The van der Waals surface area contributed by atoms with E-state index >= 15 is 0 Å². The van der Waals surface area contributed by atoms with Crippen LogP contribution in [0.15, 0.2) is 42.5 Å². The Morgan fingerprint density at radius 2 is 1.95 bits per heavy atom. The van der Waals surface area contributed by atoms with Crippen molar-refractivity contribution in [3.05, 3.63) is 53.4 Å². The molecule has 0 bridgehead atoms. The normalized spacial score (nSPS) is 10.7. The van der Waals surface area contributed by atoms with Crippen molar-refractivity contribution in [2.75, 3.05) is 5.73 Å². The summed E-state index contributed by atoms with van der Waals surface area (Å²) in [5.41, 5.74) is 7.08. The maximum absolute atomic E-state index is 13.2. The van der Waals surface area contributed by atoms with E-state index in [2.05, 4.69) is 15.3 Å². The van der Waals surface area contributed by atoms with Gasteiger partial charge in [-0.3, -0.25) is 0 Å². The molecule has 0 unspecified atom stereocenters. The highest BCUT2D eigenvalue weighted by atomic mass is 35.5. The number of hydrogen-bond acceptors (Lipinski definition) is 4. The van der Waals surface area contributed by atoms with Crippen molar-refractivity contribution in [1.29, 1.82) is 0 Å². The fraction of sp³-hybridized carbons (Fsp3) is 0. The van der Waals surface area contributed by atoms with Gasteiger partial charge in [0.05, 0.1) is 5.69 Å². The standard InChI is InChI=1S/C13H9ClFN5/c14-11-4-5-13(18-17-11)20-12(16)7-10(19-20)8-2-1-3-9(15)6-8/h1-7H,16H2. The van der Waals surface area contributed by atoms with Crippen molar-refractivity contribution >= 4 is 17.4 Å². The van der Waals surface area contributed by atoms with Gasteiger partial charge in [-0.25, -0.2) is 4.39 Å². The molecule has 2 aromatic heterocycles. The number of aromatic nitrogens is 4. The predicted molar refractivity (Wildman–Crippen MR) is 74.0 cm³/mol. The Hall–Kier alpha value is -2.47. The first-order valence-corrected chi connectivity index (χ1v) is 6.12. The second-order valence-electron chi connectivity index (χ2n) is 4.09. The van der Waals surface area contributed by atoms with Crippen molar-refractivity contribution in [2.45, 2.75) is 0 Å². The Labute approximate surface area is 118 Å². The number of rotatable bonds is 2. The van der Waals surface area contributed by atoms with E-state index in [1.165, 1.54) is 16.8 Å². The second kappa shape index (κ2) is 4.90. The van der Waals surface area contributed by atoms with Crippen molar-refractivity contribution < 1.29 is 4.39 Å². The molecule has 0 aliphatic heterocycles. The molecule has 0 aliphatic carbocycles. The molecule has 7 heteroatoms. The molecule has 3 aromatic rings. The first-order valence-electron chi connectivity index (χ1n) is 5.74. The lowest BCUT2D eigenvalue weighted by Crippen LogP contribution is -2.04. The maximum Gasteiger partial charge on any atom is 0.178 e. The molecule has 20 heavy (non-hydrogen) atoms. The smallest absolute Gasteiger partial charge is 0.178 e. The Morgan fingerprint density at radius 1 is 1.10 bits per heavy atom. The second-order valence-corrected chi connectivity index (χ2v) is 4.48. The van der Waals surface area contributed by atoms with Crippen LogP contribution in [0.1, 0.15) is 0 Å². The minimum atomic E-state index is -0.332. The zero-order valence-corrected chi connectivity index (χ0v) is 10.9. The third-order valence-electron chi connectivity index (χ3n) is 2.69. The van der Waals surface area contributed by atoms with Crippen molar-refractivity contribution in [1.82, 2.24) is 20.0 Å². The highest BCUT2D eigenvalue weighted by Gasteiger charge is 2.10. The summed E-state index contributed by atoms with van der Waals surface area (Å²) in [5, 5.41) is 12.2. The van der Waals surface area contributed by atoms with E-state index in [0.717, 1.165) is 0 Å². The lowest BCUT2D eigenvalue weighted by atomic mass is 10.1. The number of nitrogen functional groups attached to an aromatic ring is 1. The SMILES string of the molecule is Nc1cc(-c2cccc(F)c2)nn1-c1ccc(Cl)nn1. The number of nitrogens with two attached hydrogens (primary N) is 1.